The molecule has 6 heteroatoms. The highest BCUT2D eigenvalue weighted by molar-refractivity contribution is 7.89. The van der Waals surface area contributed by atoms with E-state index >= 15 is 0 Å². The molecule has 0 spiro atoms. The van der Waals surface area contributed by atoms with E-state index in [1.807, 2.05) is 20.8 Å². The van der Waals surface area contributed by atoms with Gasteiger partial charge in [0.1, 0.15) is 10.6 Å². The zero-order valence-corrected chi connectivity index (χ0v) is 14.0. The van der Waals surface area contributed by atoms with Gasteiger partial charge in [-0.1, -0.05) is 26.8 Å². The van der Waals surface area contributed by atoms with E-state index in [9.17, 15) is 8.42 Å². The average Bonchev–Trinajstić information content (AvgIpc) is 2.43. The van der Waals surface area contributed by atoms with Crippen LogP contribution in [0.25, 0.3) is 0 Å². The highest BCUT2D eigenvalue weighted by Crippen LogP contribution is 2.28. The second-order valence-electron chi connectivity index (χ2n) is 4.97. The van der Waals surface area contributed by atoms with E-state index in [-0.39, 0.29) is 10.8 Å². The van der Waals surface area contributed by atoms with Gasteiger partial charge in [0.2, 0.25) is 10.0 Å². The van der Waals surface area contributed by atoms with E-state index in [4.69, 9.17) is 16.3 Å². The molecule has 0 heterocycles. The number of hydrogen-bond acceptors (Lipinski definition) is 3. The average molecular weight is 320 g/mol. The Hall–Kier alpha value is -0.780. The first-order valence-corrected chi connectivity index (χ1v) is 8.57. The summed E-state index contributed by atoms with van der Waals surface area (Å²) in [5, 5.41) is 0. The topological polar surface area (TPSA) is 46.6 Å². The van der Waals surface area contributed by atoms with Crippen LogP contribution in [-0.2, 0) is 15.9 Å². The zero-order valence-electron chi connectivity index (χ0n) is 12.4. The molecule has 0 radical (unpaired) electrons. The third-order valence-corrected chi connectivity index (χ3v) is 5.21. The summed E-state index contributed by atoms with van der Waals surface area (Å²) in [5.41, 5.74) is 0.828. The molecule has 0 N–H and O–H groups in total. The summed E-state index contributed by atoms with van der Waals surface area (Å²) in [6.45, 7) is 6.73. The molecule has 1 aromatic rings. The molecular formula is C14H22ClNO3S. The van der Waals surface area contributed by atoms with Crippen molar-refractivity contribution in [2.24, 2.45) is 5.92 Å². The molecule has 0 aromatic heterocycles. The lowest BCUT2D eigenvalue weighted by Crippen LogP contribution is -2.34. The number of benzene rings is 1. The van der Waals surface area contributed by atoms with Crippen LogP contribution in [0.2, 0.25) is 0 Å². The molecule has 0 unspecified atom stereocenters. The standard InChI is InChI=1S/C14H22ClNO3S/c1-5-16(10-11(2)3)20(17,18)14-7-6-12(9-15)8-13(14)19-4/h6-8,11H,5,9-10H2,1-4H3. The fourth-order valence-corrected chi connectivity index (χ4v) is 3.87. The molecule has 0 bridgehead atoms. The monoisotopic (exact) mass is 319 g/mol. The Balaban J connectivity index is 3.26. The maximum atomic E-state index is 12.7. The van der Waals surface area contributed by atoms with E-state index in [2.05, 4.69) is 0 Å². The molecule has 0 fully saturated rings. The van der Waals surface area contributed by atoms with Crippen molar-refractivity contribution in [1.29, 1.82) is 0 Å². The van der Waals surface area contributed by atoms with Gasteiger partial charge in [-0.2, -0.15) is 4.31 Å². The van der Waals surface area contributed by atoms with Crippen molar-refractivity contribution in [3.8, 4) is 5.75 Å². The van der Waals surface area contributed by atoms with Gasteiger partial charge in [0.15, 0.2) is 0 Å². The van der Waals surface area contributed by atoms with Crippen molar-refractivity contribution in [3.63, 3.8) is 0 Å². The van der Waals surface area contributed by atoms with Crippen LogP contribution in [0.4, 0.5) is 0 Å². The molecule has 0 aliphatic rings. The van der Waals surface area contributed by atoms with Crippen LogP contribution < -0.4 is 4.74 Å². The first-order chi connectivity index (χ1) is 9.36. The number of sulfonamides is 1. The van der Waals surface area contributed by atoms with Gasteiger partial charge in [-0.25, -0.2) is 8.42 Å². The van der Waals surface area contributed by atoms with Gasteiger partial charge < -0.3 is 4.74 Å². The van der Waals surface area contributed by atoms with Crippen LogP contribution in [0, 0.1) is 5.92 Å². The molecule has 0 amide bonds. The number of methoxy groups -OCH3 is 1. The second kappa shape index (κ2) is 7.29. The molecule has 1 aromatic carbocycles. The minimum absolute atomic E-state index is 0.191. The van der Waals surface area contributed by atoms with Gasteiger partial charge >= 0.3 is 0 Å². The summed E-state index contributed by atoms with van der Waals surface area (Å²) in [4.78, 5) is 0.191. The van der Waals surface area contributed by atoms with Gasteiger partial charge in [0, 0.05) is 19.0 Å². The largest absolute Gasteiger partial charge is 0.495 e. The summed E-state index contributed by atoms with van der Waals surface area (Å²) >= 11 is 5.77. The van der Waals surface area contributed by atoms with Crippen LogP contribution >= 0.6 is 11.6 Å². The molecule has 0 saturated heterocycles. The van der Waals surface area contributed by atoms with Gasteiger partial charge in [-0.15, -0.1) is 11.6 Å². The number of nitrogens with zero attached hydrogens (tertiary/aromatic N) is 1. The number of alkyl halides is 1. The molecular weight excluding hydrogens is 298 g/mol. The smallest absolute Gasteiger partial charge is 0.246 e. The first-order valence-electron chi connectivity index (χ1n) is 6.59. The van der Waals surface area contributed by atoms with E-state index in [0.717, 1.165) is 5.56 Å². The van der Waals surface area contributed by atoms with Gasteiger partial charge in [-0.05, 0) is 23.6 Å². The predicted octanol–water partition coefficient (Wildman–Crippen LogP) is 3.10. The molecule has 4 nitrogen and oxygen atoms in total. The molecule has 114 valence electrons. The predicted molar refractivity (Wildman–Crippen MR) is 81.8 cm³/mol. The Kier molecular flexibility index (Phi) is 6.30. The quantitative estimate of drug-likeness (QED) is 0.725. The Labute approximate surface area is 126 Å². The summed E-state index contributed by atoms with van der Waals surface area (Å²) in [6.07, 6.45) is 0. The summed E-state index contributed by atoms with van der Waals surface area (Å²) in [5.74, 6) is 0.920. The first kappa shape index (κ1) is 17.3. The molecule has 20 heavy (non-hydrogen) atoms. The molecule has 0 atom stereocenters. The van der Waals surface area contributed by atoms with Crippen LogP contribution in [0.15, 0.2) is 23.1 Å². The van der Waals surface area contributed by atoms with Gasteiger partial charge in [0.05, 0.1) is 7.11 Å². The van der Waals surface area contributed by atoms with Crippen molar-refractivity contribution in [3.05, 3.63) is 23.8 Å². The molecule has 0 aliphatic carbocycles. The van der Waals surface area contributed by atoms with Gasteiger partial charge in [-0.3, -0.25) is 0 Å². The lowest BCUT2D eigenvalue weighted by molar-refractivity contribution is 0.371. The number of halogens is 1. The van der Waals surface area contributed by atoms with Crippen LogP contribution in [0.1, 0.15) is 26.3 Å². The number of ether oxygens (including phenoxy) is 1. The van der Waals surface area contributed by atoms with Crippen LogP contribution in [-0.4, -0.2) is 32.9 Å². The third kappa shape index (κ3) is 3.87. The van der Waals surface area contributed by atoms with Crippen LogP contribution in [0.5, 0.6) is 5.75 Å². The number of hydrogen-bond donors (Lipinski definition) is 0. The molecule has 1 rings (SSSR count). The lowest BCUT2D eigenvalue weighted by atomic mass is 10.2. The Morgan fingerprint density at radius 2 is 2.00 bits per heavy atom. The highest BCUT2D eigenvalue weighted by Gasteiger charge is 2.27. The third-order valence-electron chi connectivity index (χ3n) is 2.92. The SMILES string of the molecule is CCN(CC(C)C)S(=O)(=O)c1ccc(CCl)cc1OC. The minimum Gasteiger partial charge on any atom is -0.495 e. The van der Waals surface area contributed by atoms with E-state index in [1.165, 1.54) is 11.4 Å². The summed E-state index contributed by atoms with van der Waals surface area (Å²) in [7, 11) is -2.09. The molecule has 0 saturated carbocycles. The Morgan fingerprint density at radius 1 is 1.35 bits per heavy atom. The van der Waals surface area contributed by atoms with Crippen LogP contribution in [0.3, 0.4) is 0 Å². The maximum Gasteiger partial charge on any atom is 0.246 e. The Morgan fingerprint density at radius 3 is 2.45 bits per heavy atom. The minimum atomic E-state index is -3.55. The van der Waals surface area contributed by atoms with E-state index in [0.29, 0.717) is 24.7 Å². The van der Waals surface area contributed by atoms with Crippen molar-refractivity contribution in [1.82, 2.24) is 4.31 Å². The normalized spacial score (nSPS) is 12.2. The highest BCUT2D eigenvalue weighted by atomic mass is 35.5. The van der Waals surface area contributed by atoms with Crippen molar-refractivity contribution >= 4 is 21.6 Å². The summed E-state index contributed by atoms with van der Waals surface area (Å²) < 4.78 is 32.1. The van der Waals surface area contributed by atoms with Crippen molar-refractivity contribution in [2.75, 3.05) is 20.2 Å². The number of rotatable bonds is 7. The Bertz CT molecular complexity index is 543. The van der Waals surface area contributed by atoms with E-state index < -0.39 is 10.0 Å². The second-order valence-corrected chi connectivity index (χ2v) is 7.14. The van der Waals surface area contributed by atoms with E-state index in [1.54, 1.807) is 18.2 Å². The maximum absolute atomic E-state index is 12.7. The zero-order chi connectivity index (χ0) is 15.3. The van der Waals surface area contributed by atoms with Crippen molar-refractivity contribution in [2.45, 2.75) is 31.5 Å². The van der Waals surface area contributed by atoms with Gasteiger partial charge in [0.25, 0.3) is 0 Å². The molecule has 0 aliphatic heterocycles. The summed E-state index contributed by atoms with van der Waals surface area (Å²) in [6, 6.07) is 4.95. The van der Waals surface area contributed by atoms with Crippen molar-refractivity contribution < 1.29 is 13.2 Å². The lowest BCUT2D eigenvalue weighted by Gasteiger charge is -2.23. The fourth-order valence-electron chi connectivity index (χ4n) is 1.95. The fraction of sp³-hybridized carbons (Fsp3) is 0.571.